The lowest BCUT2D eigenvalue weighted by molar-refractivity contribution is 0.411. The third-order valence-electron chi connectivity index (χ3n) is 2.06. The van der Waals surface area contributed by atoms with Crippen LogP contribution in [0.25, 0.3) is 0 Å². The van der Waals surface area contributed by atoms with E-state index < -0.39 is 0 Å². The van der Waals surface area contributed by atoms with E-state index in [1.165, 1.54) is 30.6 Å². The third-order valence-corrected chi connectivity index (χ3v) is 2.70. The fourth-order valence-corrected chi connectivity index (χ4v) is 1.86. The van der Waals surface area contributed by atoms with E-state index in [9.17, 15) is 4.39 Å². The van der Waals surface area contributed by atoms with Gasteiger partial charge >= 0.3 is 0 Å². The van der Waals surface area contributed by atoms with Crippen LogP contribution in [-0.4, -0.2) is 12.1 Å². The minimum absolute atomic E-state index is 0.319. The van der Waals surface area contributed by atoms with E-state index >= 15 is 0 Å². The van der Waals surface area contributed by atoms with Crippen molar-refractivity contribution < 1.29 is 9.13 Å². The Bertz CT molecular complexity index is 459. The van der Waals surface area contributed by atoms with E-state index in [1.807, 2.05) is 5.38 Å². The van der Waals surface area contributed by atoms with Gasteiger partial charge in [-0.15, -0.1) is 11.3 Å². The molecule has 0 unspecified atom stereocenters. The highest BCUT2D eigenvalue weighted by atomic mass is 32.1. The van der Waals surface area contributed by atoms with Crippen LogP contribution in [0.2, 0.25) is 0 Å². The second-order valence-electron chi connectivity index (χ2n) is 3.21. The minimum Gasteiger partial charge on any atom is -0.497 e. The van der Waals surface area contributed by atoms with E-state index in [4.69, 9.17) is 4.74 Å². The minimum atomic E-state index is -0.319. The molecule has 3 nitrogen and oxygen atoms in total. The van der Waals surface area contributed by atoms with E-state index in [0.717, 1.165) is 5.69 Å². The molecule has 0 saturated heterocycles. The average Bonchev–Trinajstić information content (AvgIpc) is 2.78. The predicted molar refractivity (Wildman–Crippen MR) is 62.4 cm³/mol. The number of thiazole rings is 1. The fourth-order valence-electron chi connectivity index (χ4n) is 1.30. The first-order valence-corrected chi connectivity index (χ1v) is 5.68. The number of hydrogen-bond acceptors (Lipinski definition) is 4. The van der Waals surface area contributed by atoms with Crippen molar-refractivity contribution in [2.75, 3.05) is 12.4 Å². The first-order valence-electron chi connectivity index (χ1n) is 4.73. The molecule has 0 aliphatic heterocycles. The molecule has 0 aliphatic rings. The zero-order valence-corrected chi connectivity index (χ0v) is 9.55. The molecule has 1 N–H and O–H groups in total. The van der Waals surface area contributed by atoms with Gasteiger partial charge in [-0.2, -0.15) is 0 Å². The molecule has 1 heterocycles. The van der Waals surface area contributed by atoms with Gasteiger partial charge in [-0.1, -0.05) is 0 Å². The Kier molecular flexibility index (Phi) is 3.36. The van der Waals surface area contributed by atoms with Crippen LogP contribution in [0.5, 0.6) is 5.75 Å². The van der Waals surface area contributed by atoms with Gasteiger partial charge in [0.25, 0.3) is 0 Å². The summed E-state index contributed by atoms with van der Waals surface area (Å²) in [5.41, 5.74) is 3.39. The molecule has 0 amide bonds. The van der Waals surface area contributed by atoms with Gasteiger partial charge in [-0.05, 0) is 6.07 Å². The summed E-state index contributed by atoms with van der Waals surface area (Å²) in [7, 11) is 1.51. The number of anilines is 1. The van der Waals surface area contributed by atoms with Crippen molar-refractivity contribution in [3.05, 3.63) is 40.6 Å². The predicted octanol–water partition coefficient (Wildman–Crippen LogP) is 2.90. The summed E-state index contributed by atoms with van der Waals surface area (Å²) in [6.07, 6.45) is 0. The Morgan fingerprint density at radius 1 is 1.44 bits per heavy atom. The molecular formula is C11H11FN2OS. The third kappa shape index (κ3) is 2.70. The molecular weight excluding hydrogens is 227 g/mol. The normalized spacial score (nSPS) is 10.1. The molecule has 0 spiro atoms. The van der Waals surface area contributed by atoms with Crippen molar-refractivity contribution in [2.24, 2.45) is 0 Å². The van der Waals surface area contributed by atoms with Crippen molar-refractivity contribution in [1.29, 1.82) is 0 Å². The van der Waals surface area contributed by atoms with Crippen LogP contribution in [0.4, 0.5) is 10.1 Å². The molecule has 0 radical (unpaired) electrons. The Balaban J connectivity index is 2.06. The molecule has 0 fully saturated rings. The maximum atomic E-state index is 13.1. The molecule has 5 heteroatoms. The summed E-state index contributed by atoms with van der Waals surface area (Å²) in [6, 6.07) is 4.51. The Hall–Kier alpha value is -1.62. The van der Waals surface area contributed by atoms with Gasteiger partial charge in [0.05, 0.1) is 24.9 Å². The summed E-state index contributed by atoms with van der Waals surface area (Å²) in [5.74, 6) is 0.181. The van der Waals surface area contributed by atoms with Crippen LogP contribution >= 0.6 is 11.3 Å². The smallest absolute Gasteiger partial charge is 0.128 e. The number of aromatic nitrogens is 1. The van der Waals surface area contributed by atoms with E-state index in [0.29, 0.717) is 18.0 Å². The number of ether oxygens (including phenoxy) is 1. The number of nitrogens with zero attached hydrogens (tertiary/aromatic N) is 1. The largest absolute Gasteiger partial charge is 0.497 e. The lowest BCUT2D eigenvalue weighted by Crippen LogP contribution is -2.00. The number of hydrogen-bond donors (Lipinski definition) is 1. The molecule has 0 aliphatic carbocycles. The number of benzene rings is 1. The SMILES string of the molecule is COc1cc(F)cc(NCc2cscn2)c1. The lowest BCUT2D eigenvalue weighted by Gasteiger charge is -2.07. The Morgan fingerprint density at radius 3 is 3.00 bits per heavy atom. The summed E-state index contributed by atoms with van der Waals surface area (Å²) < 4.78 is 18.1. The molecule has 2 aromatic rings. The quantitative estimate of drug-likeness (QED) is 0.889. The van der Waals surface area contributed by atoms with Crippen LogP contribution in [0.15, 0.2) is 29.1 Å². The highest BCUT2D eigenvalue weighted by Gasteiger charge is 2.01. The summed E-state index contributed by atoms with van der Waals surface area (Å²) in [6.45, 7) is 0.579. The maximum absolute atomic E-state index is 13.1. The van der Waals surface area contributed by atoms with Gasteiger partial charge in [0.1, 0.15) is 11.6 Å². The van der Waals surface area contributed by atoms with Crippen LogP contribution in [0.1, 0.15) is 5.69 Å². The lowest BCUT2D eigenvalue weighted by atomic mass is 10.3. The molecule has 84 valence electrons. The standard InChI is InChI=1S/C11H11FN2OS/c1-15-11-3-8(12)2-9(4-11)13-5-10-6-16-7-14-10/h2-4,6-7,13H,5H2,1H3. The average molecular weight is 238 g/mol. The van der Waals surface area contributed by atoms with Crippen LogP contribution < -0.4 is 10.1 Å². The molecule has 2 rings (SSSR count). The van der Waals surface area contributed by atoms with Gasteiger partial charge in [0.2, 0.25) is 0 Å². The van der Waals surface area contributed by atoms with Gasteiger partial charge in [-0.3, -0.25) is 0 Å². The topological polar surface area (TPSA) is 34.1 Å². The van der Waals surface area contributed by atoms with Crippen molar-refractivity contribution >= 4 is 17.0 Å². The number of nitrogens with one attached hydrogen (secondary N) is 1. The van der Waals surface area contributed by atoms with Crippen molar-refractivity contribution in [2.45, 2.75) is 6.54 Å². The zero-order valence-electron chi connectivity index (χ0n) is 8.74. The fraction of sp³-hybridized carbons (Fsp3) is 0.182. The van der Waals surface area contributed by atoms with Gasteiger partial charge in [-0.25, -0.2) is 9.37 Å². The molecule has 16 heavy (non-hydrogen) atoms. The second-order valence-corrected chi connectivity index (χ2v) is 3.93. The van der Waals surface area contributed by atoms with Crippen LogP contribution in [-0.2, 0) is 6.54 Å². The number of halogens is 1. The summed E-state index contributed by atoms with van der Waals surface area (Å²) in [5, 5.41) is 5.03. The van der Waals surface area contributed by atoms with Crippen molar-refractivity contribution in [1.82, 2.24) is 4.98 Å². The highest BCUT2D eigenvalue weighted by Crippen LogP contribution is 2.20. The highest BCUT2D eigenvalue weighted by molar-refractivity contribution is 7.07. The second kappa shape index (κ2) is 4.94. The first kappa shape index (κ1) is 10.9. The van der Waals surface area contributed by atoms with Gasteiger partial charge < -0.3 is 10.1 Å². The van der Waals surface area contributed by atoms with Gasteiger partial charge in [0.15, 0.2) is 0 Å². The van der Waals surface area contributed by atoms with E-state index in [1.54, 1.807) is 11.6 Å². The molecule has 1 aromatic heterocycles. The summed E-state index contributed by atoms with van der Waals surface area (Å²) >= 11 is 1.54. The number of rotatable bonds is 4. The van der Waals surface area contributed by atoms with Crippen molar-refractivity contribution in [3.63, 3.8) is 0 Å². The Labute approximate surface area is 96.9 Å². The zero-order chi connectivity index (χ0) is 11.4. The monoisotopic (exact) mass is 238 g/mol. The van der Waals surface area contributed by atoms with Crippen LogP contribution in [0, 0.1) is 5.82 Å². The molecule has 0 bridgehead atoms. The van der Waals surface area contributed by atoms with Crippen LogP contribution in [0.3, 0.4) is 0 Å². The van der Waals surface area contributed by atoms with Gasteiger partial charge in [0, 0.05) is 23.2 Å². The maximum Gasteiger partial charge on any atom is 0.128 e. The summed E-state index contributed by atoms with van der Waals surface area (Å²) in [4.78, 5) is 4.13. The van der Waals surface area contributed by atoms with E-state index in [-0.39, 0.29) is 5.82 Å². The molecule has 0 saturated carbocycles. The molecule has 1 aromatic carbocycles. The first-order chi connectivity index (χ1) is 7.78. The Morgan fingerprint density at radius 2 is 2.31 bits per heavy atom. The molecule has 0 atom stereocenters. The van der Waals surface area contributed by atoms with E-state index in [2.05, 4.69) is 10.3 Å². The van der Waals surface area contributed by atoms with Crippen molar-refractivity contribution in [3.8, 4) is 5.75 Å². The number of methoxy groups -OCH3 is 1.